The molecule has 0 radical (unpaired) electrons. The third-order valence-corrected chi connectivity index (χ3v) is 4.10. The minimum atomic E-state index is -4.63. The molecule has 0 saturated heterocycles. The average Bonchev–Trinajstić information content (AvgIpc) is 2.41. The van der Waals surface area contributed by atoms with Gasteiger partial charge in [-0.05, 0) is 31.4 Å². The van der Waals surface area contributed by atoms with Gasteiger partial charge >= 0.3 is 12.2 Å². The van der Waals surface area contributed by atoms with Gasteiger partial charge in [-0.2, -0.15) is 24.9 Å². The summed E-state index contributed by atoms with van der Waals surface area (Å²) in [5, 5.41) is 13.3. The van der Waals surface area contributed by atoms with Crippen LogP contribution in [-0.4, -0.2) is 35.3 Å². The van der Waals surface area contributed by atoms with E-state index in [1.807, 2.05) is 5.32 Å². The molecule has 0 saturated carbocycles. The number of carbonyl (C=O) groups excluding carboxylic acids is 1. The number of hydrogen-bond donors (Lipinski definition) is 3. The number of anilines is 1. The number of rotatable bonds is 5. The van der Waals surface area contributed by atoms with Gasteiger partial charge in [0.1, 0.15) is 5.82 Å². The van der Waals surface area contributed by atoms with E-state index in [4.69, 9.17) is 5.11 Å². The number of carbonyl (C=O) groups is 1. The van der Waals surface area contributed by atoms with Crippen molar-refractivity contribution < 1.29 is 27.5 Å². The van der Waals surface area contributed by atoms with E-state index in [-0.39, 0.29) is 11.9 Å². The first kappa shape index (κ1) is 18.6. The Labute approximate surface area is 129 Å². The van der Waals surface area contributed by atoms with Gasteiger partial charge in [0, 0.05) is 11.3 Å². The van der Waals surface area contributed by atoms with E-state index in [9.17, 15) is 22.4 Å². The first-order valence-electron chi connectivity index (χ1n) is 6.27. The van der Waals surface area contributed by atoms with E-state index in [0.29, 0.717) is 18.2 Å². The van der Waals surface area contributed by atoms with Crippen LogP contribution in [-0.2, 0) is 6.18 Å². The Bertz CT molecular complexity index is 521. The molecule has 124 valence electrons. The molecule has 0 unspecified atom stereocenters. The zero-order valence-electron chi connectivity index (χ0n) is 11.9. The van der Waals surface area contributed by atoms with Gasteiger partial charge in [-0.1, -0.05) is 0 Å². The lowest BCUT2D eigenvalue weighted by Crippen LogP contribution is -2.43. The van der Waals surface area contributed by atoms with Gasteiger partial charge in [-0.3, -0.25) is 0 Å². The first-order chi connectivity index (χ1) is 10.2. The highest BCUT2D eigenvalue weighted by Gasteiger charge is 2.31. The molecule has 1 rings (SSSR count). The molecule has 0 spiro atoms. The number of alkyl halides is 3. The number of urea groups is 1. The maximum Gasteiger partial charge on any atom is 0.416 e. The second-order valence-corrected chi connectivity index (χ2v) is 5.61. The Hall–Kier alpha value is -1.48. The zero-order valence-corrected chi connectivity index (χ0v) is 12.7. The first-order valence-corrected chi connectivity index (χ1v) is 7.55. The van der Waals surface area contributed by atoms with E-state index in [1.165, 1.54) is 11.8 Å². The van der Waals surface area contributed by atoms with Crippen LogP contribution in [0.15, 0.2) is 18.2 Å². The van der Waals surface area contributed by atoms with Crippen LogP contribution in [0, 0.1) is 5.82 Å². The van der Waals surface area contributed by atoms with Crippen LogP contribution < -0.4 is 10.6 Å². The third kappa shape index (κ3) is 5.06. The number of hydrogen-bond acceptors (Lipinski definition) is 3. The summed E-state index contributed by atoms with van der Waals surface area (Å²) in [5.41, 5.74) is -1.63. The second kappa shape index (κ2) is 7.68. The number of benzene rings is 1. The maximum absolute atomic E-state index is 13.5. The van der Waals surface area contributed by atoms with Gasteiger partial charge in [-0.15, -0.1) is 0 Å². The van der Waals surface area contributed by atoms with Crippen molar-refractivity contribution in [1.82, 2.24) is 5.32 Å². The minimum Gasteiger partial charge on any atom is -0.395 e. The standard InChI is InChI=1S/C13H16F4N2O2S/c1-7(11(6-20)22-2)18-12(21)19-10-5-8(13(15,16)17)3-4-9(10)14/h3-5,7,11,20H,6H2,1-2H3,(H2,18,19,21)/t7-,11+/m0/s1. The monoisotopic (exact) mass is 340 g/mol. The molecule has 1 aromatic rings. The molecule has 0 aliphatic heterocycles. The molecule has 9 heteroatoms. The van der Waals surface area contributed by atoms with Crippen LogP contribution >= 0.6 is 11.8 Å². The quantitative estimate of drug-likeness (QED) is 0.722. The largest absolute Gasteiger partial charge is 0.416 e. The molecule has 0 aliphatic rings. The lowest BCUT2D eigenvalue weighted by atomic mass is 10.2. The summed E-state index contributed by atoms with van der Waals surface area (Å²) in [6, 6.07) is 0.459. The molecule has 22 heavy (non-hydrogen) atoms. The van der Waals surface area contributed by atoms with Crippen LogP contribution in [0.2, 0.25) is 0 Å². The number of aliphatic hydroxyl groups excluding tert-OH is 1. The van der Waals surface area contributed by atoms with Gasteiger partial charge < -0.3 is 15.7 Å². The Morgan fingerprint density at radius 2 is 2.05 bits per heavy atom. The molecule has 4 nitrogen and oxygen atoms in total. The predicted octanol–water partition coefficient (Wildman–Crippen LogP) is 3.08. The highest BCUT2D eigenvalue weighted by atomic mass is 32.2. The fraction of sp³-hybridized carbons (Fsp3) is 0.462. The predicted molar refractivity (Wildman–Crippen MR) is 77.4 cm³/mol. The molecule has 2 atom stereocenters. The molecule has 0 bridgehead atoms. The summed E-state index contributed by atoms with van der Waals surface area (Å²) in [4.78, 5) is 11.7. The van der Waals surface area contributed by atoms with Crippen molar-refractivity contribution in [3.05, 3.63) is 29.6 Å². The van der Waals surface area contributed by atoms with Crippen LogP contribution in [0.5, 0.6) is 0 Å². The summed E-state index contributed by atoms with van der Waals surface area (Å²) in [5.74, 6) is -0.973. The van der Waals surface area contributed by atoms with Crippen LogP contribution in [0.4, 0.5) is 28.0 Å². The molecule has 0 fully saturated rings. The SMILES string of the molecule is CS[C@H](CO)[C@H](C)NC(=O)Nc1cc(C(F)(F)F)ccc1F. The summed E-state index contributed by atoms with van der Waals surface area (Å²) in [6.07, 6.45) is -2.89. The molecular formula is C13H16F4N2O2S. The number of halogens is 4. The number of amides is 2. The van der Waals surface area contributed by atoms with Gasteiger partial charge in [0.2, 0.25) is 0 Å². The van der Waals surface area contributed by atoms with E-state index < -0.39 is 35.3 Å². The molecule has 0 aromatic heterocycles. The van der Waals surface area contributed by atoms with Gasteiger partial charge in [0.25, 0.3) is 0 Å². The molecule has 2 amide bonds. The molecular weight excluding hydrogens is 324 g/mol. The van der Waals surface area contributed by atoms with Crippen molar-refractivity contribution in [3.8, 4) is 0 Å². The lowest BCUT2D eigenvalue weighted by molar-refractivity contribution is -0.137. The highest BCUT2D eigenvalue weighted by molar-refractivity contribution is 7.99. The van der Waals surface area contributed by atoms with Gasteiger partial charge in [0.05, 0.1) is 17.9 Å². The normalized spacial score (nSPS) is 14.3. The number of nitrogens with one attached hydrogen (secondary N) is 2. The topological polar surface area (TPSA) is 61.4 Å². The third-order valence-electron chi connectivity index (χ3n) is 2.94. The van der Waals surface area contributed by atoms with Crippen LogP contribution in [0.3, 0.4) is 0 Å². The number of aliphatic hydroxyl groups is 1. The van der Waals surface area contributed by atoms with E-state index in [0.717, 1.165) is 0 Å². The molecule has 0 aliphatic carbocycles. The van der Waals surface area contributed by atoms with Crippen LogP contribution in [0.1, 0.15) is 12.5 Å². The van der Waals surface area contributed by atoms with Crippen molar-refractivity contribution in [2.24, 2.45) is 0 Å². The van der Waals surface area contributed by atoms with Crippen molar-refractivity contribution in [1.29, 1.82) is 0 Å². The van der Waals surface area contributed by atoms with Crippen molar-refractivity contribution in [2.75, 3.05) is 18.2 Å². The fourth-order valence-electron chi connectivity index (χ4n) is 1.69. The fourth-order valence-corrected chi connectivity index (χ4v) is 2.32. The van der Waals surface area contributed by atoms with E-state index in [1.54, 1.807) is 13.2 Å². The Morgan fingerprint density at radius 3 is 2.55 bits per heavy atom. The Morgan fingerprint density at radius 1 is 1.41 bits per heavy atom. The molecule has 1 aromatic carbocycles. The summed E-state index contributed by atoms with van der Waals surface area (Å²) in [7, 11) is 0. The summed E-state index contributed by atoms with van der Waals surface area (Å²) >= 11 is 1.32. The van der Waals surface area contributed by atoms with Gasteiger partial charge in [0.15, 0.2) is 0 Å². The summed E-state index contributed by atoms with van der Waals surface area (Å²) < 4.78 is 51.2. The summed E-state index contributed by atoms with van der Waals surface area (Å²) in [6.45, 7) is 1.44. The lowest BCUT2D eigenvalue weighted by Gasteiger charge is -2.21. The van der Waals surface area contributed by atoms with E-state index in [2.05, 4.69) is 5.32 Å². The minimum absolute atomic E-state index is 0.180. The highest BCUT2D eigenvalue weighted by Crippen LogP contribution is 2.31. The van der Waals surface area contributed by atoms with Crippen molar-refractivity contribution in [2.45, 2.75) is 24.4 Å². The van der Waals surface area contributed by atoms with Crippen molar-refractivity contribution >= 4 is 23.5 Å². The second-order valence-electron chi connectivity index (χ2n) is 4.54. The maximum atomic E-state index is 13.5. The molecule has 0 heterocycles. The van der Waals surface area contributed by atoms with Crippen LogP contribution in [0.25, 0.3) is 0 Å². The van der Waals surface area contributed by atoms with Crippen molar-refractivity contribution in [3.63, 3.8) is 0 Å². The smallest absolute Gasteiger partial charge is 0.395 e. The zero-order chi connectivity index (χ0) is 16.9. The average molecular weight is 340 g/mol. The molecule has 3 N–H and O–H groups in total. The van der Waals surface area contributed by atoms with E-state index >= 15 is 0 Å². The number of thioether (sulfide) groups is 1. The Kier molecular flexibility index (Phi) is 6.48. The van der Waals surface area contributed by atoms with Gasteiger partial charge in [-0.25, -0.2) is 9.18 Å². The Balaban J connectivity index is 2.80.